The third-order valence-electron chi connectivity index (χ3n) is 4.17. The zero-order valence-corrected chi connectivity index (χ0v) is 11.3. The molecule has 102 valence electrons. The maximum Gasteiger partial charge on any atom is 0.0456 e. The summed E-state index contributed by atoms with van der Waals surface area (Å²) in [4.78, 5) is 6.02. The first-order chi connectivity index (χ1) is 9.36. The van der Waals surface area contributed by atoms with Crippen LogP contribution in [0.15, 0.2) is 30.3 Å². The molecule has 3 nitrogen and oxygen atoms in total. The molecule has 0 amide bonds. The van der Waals surface area contributed by atoms with Gasteiger partial charge in [-0.3, -0.25) is 4.90 Å². The van der Waals surface area contributed by atoms with Crippen LogP contribution in [-0.4, -0.2) is 34.2 Å². The molecule has 0 spiro atoms. The van der Waals surface area contributed by atoms with Crippen molar-refractivity contribution >= 4 is 10.9 Å². The maximum atomic E-state index is 9.18. The number of para-hydroxylation sites is 1. The van der Waals surface area contributed by atoms with Gasteiger partial charge in [0.2, 0.25) is 0 Å². The van der Waals surface area contributed by atoms with Crippen molar-refractivity contribution in [2.45, 2.75) is 38.3 Å². The van der Waals surface area contributed by atoms with Crippen molar-refractivity contribution in [2.24, 2.45) is 0 Å². The lowest BCUT2D eigenvalue weighted by atomic mass is 9.99. The number of hydrogen-bond acceptors (Lipinski definition) is 2. The van der Waals surface area contributed by atoms with Crippen LogP contribution in [0.5, 0.6) is 0 Å². The summed E-state index contributed by atoms with van der Waals surface area (Å²) >= 11 is 0. The van der Waals surface area contributed by atoms with E-state index in [-0.39, 0.29) is 0 Å². The lowest BCUT2D eigenvalue weighted by molar-refractivity contribution is 0.111. The fraction of sp³-hybridized carbons (Fsp3) is 0.500. The van der Waals surface area contributed by atoms with E-state index in [2.05, 4.69) is 40.2 Å². The number of fused-ring (bicyclic) bond motifs is 1. The number of aromatic nitrogens is 1. The van der Waals surface area contributed by atoms with Gasteiger partial charge in [-0.25, -0.2) is 0 Å². The van der Waals surface area contributed by atoms with Crippen molar-refractivity contribution in [3.63, 3.8) is 0 Å². The number of piperidine rings is 1. The first kappa shape index (κ1) is 12.7. The highest BCUT2D eigenvalue weighted by atomic mass is 16.3. The Labute approximate surface area is 114 Å². The van der Waals surface area contributed by atoms with Crippen molar-refractivity contribution < 1.29 is 5.11 Å². The fourth-order valence-corrected chi connectivity index (χ4v) is 3.18. The number of likely N-dealkylation sites (tertiary alicyclic amines) is 1. The van der Waals surface area contributed by atoms with Crippen LogP contribution in [0.3, 0.4) is 0 Å². The molecule has 2 heterocycles. The molecule has 0 radical (unpaired) electrons. The van der Waals surface area contributed by atoms with Crippen LogP contribution in [-0.2, 0) is 6.54 Å². The van der Waals surface area contributed by atoms with E-state index in [1.807, 2.05) is 0 Å². The summed E-state index contributed by atoms with van der Waals surface area (Å²) in [6.07, 6.45) is 4.71. The Morgan fingerprint density at radius 1 is 1.26 bits per heavy atom. The van der Waals surface area contributed by atoms with Gasteiger partial charge in [-0.1, -0.05) is 24.6 Å². The highest BCUT2D eigenvalue weighted by Gasteiger charge is 2.22. The molecule has 0 aliphatic carbocycles. The van der Waals surface area contributed by atoms with Gasteiger partial charge in [-0.15, -0.1) is 0 Å². The minimum atomic E-state index is 0.299. The monoisotopic (exact) mass is 258 g/mol. The number of nitrogens with one attached hydrogen (secondary N) is 1. The summed E-state index contributed by atoms with van der Waals surface area (Å²) in [6, 6.07) is 11.2. The third-order valence-corrected chi connectivity index (χ3v) is 4.17. The molecule has 2 aromatic rings. The number of rotatable bonds is 4. The molecule has 0 saturated carbocycles. The summed E-state index contributed by atoms with van der Waals surface area (Å²) in [7, 11) is 0. The van der Waals surface area contributed by atoms with E-state index in [4.69, 9.17) is 0 Å². The lowest BCUT2D eigenvalue weighted by Crippen LogP contribution is -2.39. The lowest BCUT2D eigenvalue weighted by Gasteiger charge is -2.35. The molecule has 19 heavy (non-hydrogen) atoms. The van der Waals surface area contributed by atoms with E-state index in [0.29, 0.717) is 12.6 Å². The Hall–Kier alpha value is -1.32. The van der Waals surface area contributed by atoms with Crippen LogP contribution in [0.1, 0.15) is 31.4 Å². The molecule has 1 atom stereocenters. The van der Waals surface area contributed by atoms with Crippen LogP contribution < -0.4 is 0 Å². The largest absolute Gasteiger partial charge is 0.396 e. The Morgan fingerprint density at radius 2 is 2.16 bits per heavy atom. The number of H-pyrrole nitrogens is 1. The van der Waals surface area contributed by atoms with Crippen LogP contribution in [0, 0.1) is 0 Å². The predicted molar refractivity (Wildman–Crippen MR) is 78.1 cm³/mol. The van der Waals surface area contributed by atoms with Gasteiger partial charge in [0, 0.05) is 30.4 Å². The van der Waals surface area contributed by atoms with Gasteiger partial charge in [-0.05, 0) is 43.3 Å². The Balaban J connectivity index is 1.75. The standard InChI is InChI=1S/C16H22N2O/c19-10-8-15-6-3-4-9-18(15)12-14-11-13-5-1-2-7-16(13)17-14/h1-2,5,7,11,15,17,19H,3-4,6,8-10,12H2/t15-/m0/s1. The van der Waals surface area contributed by atoms with Crippen LogP contribution in [0.25, 0.3) is 10.9 Å². The molecule has 1 saturated heterocycles. The average molecular weight is 258 g/mol. The molecule has 2 N–H and O–H groups in total. The minimum absolute atomic E-state index is 0.299. The Bertz CT molecular complexity index is 499. The molecular weight excluding hydrogens is 236 g/mol. The second kappa shape index (κ2) is 5.76. The van der Waals surface area contributed by atoms with Crippen molar-refractivity contribution in [3.05, 3.63) is 36.0 Å². The molecule has 1 aliphatic rings. The van der Waals surface area contributed by atoms with Gasteiger partial charge in [0.1, 0.15) is 0 Å². The first-order valence-electron chi connectivity index (χ1n) is 7.28. The Kier molecular flexibility index (Phi) is 3.85. The second-order valence-electron chi connectivity index (χ2n) is 5.51. The van der Waals surface area contributed by atoms with E-state index in [0.717, 1.165) is 19.5 Å². The van der Waals surface area contributed by atoms with Gasteiger partial charge in [0.25, 0.3) is 0 Å². The molecule has 3 rings (SSSR count). The van der Waals surface area contributed by atoms with E-state index in [9.17, 15) is 5.11 Å². The van der Waals surface area contributed by atoms with Crippen LogP contribution >= 0.6 is 0 Å². The number of aliphatic hydroxyl groups is 1. The van der Waals surface area contributed by atoms with Gasteiger partial charge in [0.15, 0.2) is 0 Å². The topological polar surface area (TPSA) is 39.3 Å². The molecule has 1 aromatic carbocycles. The third kappa shape index (κ3) is 2.82. The summed E-state index contributed by atoms with van der Waals surface area (Å²) in [5, 5.41) is 10.5. The van der Waals surface area contributed by atoms with E-state index in [1.54, 1.807) is 0 Å². The van der Waals surface area contributed by atoms with Crippen molar-refractivity contribution in [2.75, 3.05) is 13.2 Å². The molecule has 1 aliphatic heterocycles. The number of hydrogen-bond donors (Lipinski definition) is 2. The number of benzene rings is 1. The number of aromatic amines is 1. The Morgan fingerprint density at radius 3 is 3.00 bits per heavy atom. The van der Waals surface area contributed by atoms with E-state index >= 15 is 0 Å². The zero-order chi connectivity index (χ0) is 13.1. The van der Waals surface area contributed by atoms with Crippen LogP contribution in [0.2, 0.25) is 0 Å². The van der Waals surface area contributed by atoms with Crippen LogP contribution in [0.4, 0.5) is 0 Å². The number of aliphatic hydroxyl groups excluding tert-OH is 1. The molecule has 0 bridgehead atoms. The van der Waals surface area contributed by atoms with Gasteiger partial charge in [0.05, 0.1) is 0 Å². The predicted octanol–water partition coefficient (Wildman–Crippen LogP) is 2.90. The summed E-state index contributed by atoms with van der Waals surface area (Å²) in [5.74, 6) is 0. The first-order valence-corrected chi connectivity index (χ1v) is 7.28. The molecule has 1 aromatic heterocycles. The van der Waals surface area contributed by atoms with Gasteiger partial charge in [-0.2, -0.15) is 0 Å². The van der Waals surface area contributed by atoms with Crippen molar-refractivity contribution in [1.82, 2.24) is 9.88 Å². The zero-order valence-electron chi connectivity index (χ0n) is 11.3. The summed E-state index contributed by atoms with van der Waals surface area (Å²) in [5.41, 5.74) is 2.50. The maximum absolute atomic E-state index is 9.18. The highest BCUT2D eigenvalue weighted by molar-refractivity contribution is 5.80. The van der Waals surface area contributed by atoms with Crippen molar-refractivity contribution in [3.8, 4) is 0 Å². The van der Waals surface area contributed by atoms with E-state index < -0.39 is 0 Å². The minimum Gasteiger partial charge on any atom is -0.396 e. The normalized spacial score (nSPS) is 21.0. The van der Waals surface area contributed by atoms with Crippen molar-refractivity contribution in [1.29, 1.82) is 0 Å². The molecule has 0 unspecified atom stereocenters. The number of nitrogens with zero attached hydrogens (tertiary/aromatic N) is 1. The summed E-state index contributed by atoms with van der Waals surface area (Å²) < 4.78 is 0. The quantitative estimate of drug-likeness (QED) is 0.885. The van der Waals surface area contributed by atoms with Gasteiger partial charge < -0.3 is 10.1 Å². The highest BCUT2D eigenvalue weighted by Crippen LogP contribution is 2.23. The fourth-order valence-electron chi connectivity index (χ4n) is 3.18. The smallest absolute Gasteiger partial charge is 0.0456 e. The SMILES string of the molecule is OCC[C@@H]1CCCCN1Cc1cc2ccccc2[nH]1. The molecule has 1 fully saturated rings. The molecular formula is C16H22N2O. The second-order valence-corrected chi connectivity index (χ2v) is 5.51. The van der Waals surface area contributed by atoms with Gasteiger partial charge >= 0.3 is 0 Å². The summed E-state index contributed by atoms with van der Waals surface area (Å²) in [6.45, 7) is 2.42. The molecule has 3 heteroatoms. The van der Waals surface area contributed by atoms with E-state index in [1.165, 1.54) is 35.9 Å². The average Bonchev–Trinajstić information content (AvgIpc) is 2.83.